The topological polar surface area (TPSA) is 77.2 Å². The second-order valence-corrected chi connectivity index (χ2v) is 6.62. The number of carbonyl (C=O) groups is 1. The molecule has 1 aromatic carbocycles. The summed E-state index contributed by atoms with van der Waals surface area (Å²) in [7, 11) is 0. The molecular formula is C16H19Cl2N3O3. The van der Waals surface area contributed by atoms with Gasteiger partial charge < -0.3 is 14.5 Å². The first-order valence-corrected chi connectivity index (χ1v) is 8.28. The van der Waals surface area contributed by atoms with Gasteiger partial charge in [0.2, 0.25) is 11.8 Å². The fourth-order valence-electron chi connectivity index (χ4n) is 2.12. The van der Waals surface area contributed by atoms with Gasteiger partial charge in [0.15, 0.2) is 6.61 Å². The van der Waals surface area contributed by atoms with Crippen LogP contribution in [0.15, 0.2) is 22.6 Å². The SMILES string of the molecule is Cc1nnc(C(CC(C)C)NC(=O)COc2ccc(Cl)cc2Cl)o1. The average Bonchev–Trinajstić information content (AvgIpc) is 2.92. The lowest BCUT2D eigenvalue weighted by Crippen LogP contribution is -2.33. The molecule has 0 radical (unpaired) electrons. The number of carbonyl (C=O) groups excluding carboxylic acids is 1. The van der Waals surface area contributed by atoms with Crippen LogP contribution in [0.25, 0.3) is 0 Å². The Morgan fingerprint density at radius 1 is 1.33 bits per heavy atom. The highest BCUT2D eigenvalue weighted by atomic mass is 35.5. The van der Waals surface area contributed by atoms with Gasteiger partial charge in [-0.1, -0.05) is 37.0 Å². The maximum Gasteiger partial charge on any atom is 0.258 e. The van der Waals surface area contributed by atoms with Crippen molar-refractivity contribution in [3.05, 3.63) is 40.0 Å². The van der Waals surface area contributed by atoms with Gasteiger partial charge in [-0.25, -0.2) is 0 Å². The summed E-state index contributed by atoms with van der Waals surface area (Å²) in [4.78, 5) is 12.2. The van der Waals surface area contributed by atoms with E-state index in [-0.39, 0.29) is 18.6 Å². The minimum absolute atomic E-state index is 0.178. The number of aryl methyl sites for hydroxylation is 1. The van der Waals surface area contributed by atoms with Crippen molar-refractivity contribution in [1.82, 2.24) is 15.5 Å². The van der Waals surface area contributed by atoms with Gasteiger partial charge in [-0.2, -0.15) is 0 Å². The van der Waals surface area contributed by atoms with Crippen LogP contribution in [0, 0.1) is 12.8 Å². The van der Waals surface area contributed by atoms with Crippen LogP contribution in [0.4, 0.5) is 0 Å². The fourth-order valence-corrected chi connectivity index (χ4v) is 2.58. The number of hydrogen-bond acceptors (Lipinski definition) is 5. The second-order valence-electron chi connectivity index (χ2n) is 5.77. The number of benzene rings is 1. The van der Waals surface area contributed by atoms with Crippen molar-refractivity contribution in [2.45, 2.75) is 33.2 Å². The molecule has 2 rings (SSSR count). The summed E-state index contributed by atoms with van der Waals surface area (Å²) in [6.07, 6.45) is 0.676. The molecule has 0 fully saturated rings. The van der Waals surface area contributed by atoms with E-state index in [1.54, 1.807) is 25.1 Å². The zero-order valence-corrected chi connectivity index (χ0v) is 15.2. The zero-order valence-electron chi connectivity index (χ0n) is 13.7. The second kappa shape index (κ2) is 8.35. The molecule has 0 saturated heterocycles. The van der Waals surface area contributed by atoms with Crippen molar-refractivity contribution in [3.8, 4) is 5.75 Å². The van der Waals surface area contributed by atoms with Crippen LogP contribution in [0.2, 0.25) is 10.0 Å². The molecule has 0 saturated carbocycles. The third kappa shape index (κ3) is 5.39. The average molecular weight is 372 g/mol. The fraction of sp³-hybridized carbons (Fsp3) is 0.438. The molecule has 8 heteroatoms. The van der Waals surface area contributed by atoms with Gasteiger partial charge in [0.1, 0.15) is 11.8 Å². The van der Waals surface area contributed by atoms with Gasteiger partial charge in [0.05, 0.1) is 5.02 Å². The van der Waals surface area contributed by atoms with E-state index < -0.39 is 0 Å². The van der Waals surface area contributed by atoms with E-state index in [9.17, 15) is 4.79 Å². The van der Waals surface area contributed by atoms with Crippen LogP contribution in [-0.4, -0.2) is 22.7 Å². The Bertz CT molecular complexity index is 704. The maximum absolute atomic E-state index is 12.2. The molecule has 1 N–H and O–H groups in total. The zero-order chi connectivity index (χ0) is 17.7. The highest BCUT2D eigenvalue weighted by Crippen LogP contribution is 2.27. The standard InChI is InChI=1S/C16H19Cl2N3O3/c1-9(2)6-13(16-21-20-10(3)24-16)19-15(22)8-23-14-5-4-11(17)7-12(14)18/h4-5,7,9,13H,6,8H2,1-3H3,(H,19,22). The molecule has 2 aromatic rings. The summed E-state index contributed by atoms with van der Waals surface area (Å²) < 4.78 is 10.9. The number of nitrogens with one attached hydrogen (secondary N) is 1. The lowest BCUT2D eigenvalue weighted by molar-refractivity contribution is -0.124. The Labute approximate surface area is 150 Å². The summed E-state index contributed by atoms with van der Waals surface area (Å²) >= 11 is 11.8. The largest absolute Gasteiger partial charge is 0.482 e. The van der Waals surface area contributed by atoms with Crippen LogP contribution < -0.4 is 10.1 Å². The molecule has 0 spiro atoms. The highest BCUT2D eigenvalue weighted by molar-refractivity contribution is 6.35. The van der Waals surface area contributed by atoms with E-state index in [1.165, 1.54) is 0 Å². The minimum atomic E-state index is -0.358. The Balaban J connectivity index is 1.97. The van der Waals surface area contributed by atoms with Crippen molar-refractivity contribution in [2.24, 2.45) is 5.92 Å². The van der Waals surface area contributed by atoms with Gasteiger partial charge in [-0.3, -0.25) is 4.79 Å². The van der Waals surface area contributed by atoms with Gasteiger partial charge >= 0.3 is 0 Å². The summed E-state index contributed by atoms with van der Waals surface area (Å²) in [5.74, 6) is 1.28. The van der Waals surface area contributed by atoms with Gasteiger partial charge in [0.25, 0.3) is 5.91 Å². The highest BCUT2D eigenvalue weighted by Gasteiger charge is 2.22. The Morgan fingerprint density at radius 3 is 2.67 bits per heavy atom. The number of aromatic nitrogens is 2. The lowest BCUT2D eigenvalue weighted by atomic mass is 10.0. The van der Waals surface area contributed by atoms with Crippen molar-refractivity contribution in [2.75, 3.05) is 6.61 Å². The predicted octanol–water partition coefficient (Wildman–Crippen LogP) is 3.97. The maximum atomic E-state index is 12.2. The third-order valence-corrected chi connectivity index (χ3v) is 3.67. The van der Waals surface area contributed by atoms with E-state index in [2.05, 4.69) is 15.5 Å². The van der Waals surface area contributed by atoms with Gasteiger partial charge in [-0.15, -0.1) is 10.2 Å². The minimum Gasteiger partial charge on any atom is -0.482 e. The Hall–Kier alpha value is -1.79. The number of nitrogens with zero attached hydrogens (tertiary/aromatic N) is 2. The molecule has 1 amide bonds. The molecule has 130 valence electrons. The number of hydrogen-bond donors (Lipinski definition) is 1. The number of rotatable bonds is 7. The van der Waals surface area contributed by atoms with Gasteiger partial charge in [0, 0.05) is 11.9 Å². The summed E-state index contributed by atoms with van der Waals surface area (Å²) in [5, 5.41) is 11.5. The van der Waals surface area contributed by atoms with Crippen molar-refractivity contribution in [3.63, 3.8) is 0 Å². The number of ether oxygens (including phenoxy) is 1. The first kappa shape index (κ1) is 18.5. The predicted molar refractivity (Wildman–Crippen MR) is 91.3 cm³/mol. The van der Waals surface area contributed by atoms with Crippen LogP contribution in [0.5, 0.6) is 5.75 Å². The molecule has 1 atom stereocenters. The smallest absolute Gasteiger partial charge is 0.258 e. The quantitative estimate of drug-likeness (QED) is 0.796. The summed E-state index contributed by atoms with van der Waals surface area (Å²) in [6, 6.07) is 4.45. The van der Waals surface area contributed by atoms with Crippen molar-refractivity contribution >= 4 is 29.1 Å². The third-order valence-electron chi connectivity index (χ3n) is 3.13. The molecular weight excluding hydrogens is 353 g/mol. The molecule has 0 aliphatic rings. The monoisotopic (exact) mass is 371 g/mol. The molecule has 0 bridgehead atoms. The van der Waals surface area contributed by atoms with E-state index in [0.717, 1.165) is 0 Å². The summed E-state index contributed by atoms with van der Waals surface area (Å²) in [6.45, 7) is 5.62. The Morgan fingerprint density at radius 2 is 2.08 bits per heavy atom. The molecule has 6 nitrogen and oxygen atoms in total. The summed E-state index contributed by atoms with van der Waals surface area (Å²) in [5.41, 5.74) is 0. The molecule has 1 aromatic heterocycles. The van der Waals surface area contributed by atoms with Crippen LogP contribution in [0.3, 0.4) is 0 Å². The first-order valence-electron chi connectivity index (χ1n) is 7.52. The van der Waals surface area contributed by atoms with E-state index in [4.69, 9.17) is 32.4 Å². The number of amides is 1. The lowest BCUT2D eigenvalue weighted by Gasteiger charge is -2.17. The normalized spacial score (nSPS) is 12.2. The molecule has 1 unspecified atom stereocenters. The van der Waals surface area contributed by atoms with E-state index in [0.29, 0.717) is 39.9 Å². The Kier molecular flexibility index (Phi) is 6.45. The van der Waals surface area contributed by atoms with Crippen molar-refractivity contribution in [1.29, 1.82) is 0 Å². The van der Waals surface area contributed by atoms with E-state index >= 15 is 0 Å². The van der Waals surface area contributed by atoms with Crippen molar-refractivity contribution < 1.29 is 13.9 Å². The van der Waals surface area contributed by atoms with Crippen LogP contribution in [0.1, 0.15) is 38.1 Å². The molecule has 24 heavy (non-hydrogen) atoms. The van der Waals surface area contributed by atoms with Gasteiger partial charge in [-0.05, 0) is 30.5 Å². The first-order chi connectivity index (χ1) is 11.3. The van der Waals surface area contributed by atoms with E-state index in [1.807, 2.05) is 13.8 Å². The number of halogens is 2. The molecule has 1 heterocycles. The molecule has 0 aliphatic heterocycles. The molecule has 0 aliphatic carbocycles. The van der Waals surface area contributed by atoms with Crippen LogP contribution >= 0.6 is 23.2 Å². The van der Waals surface area contributed by atoms with Crippen LogP contribution in [-0.2, 0) is 4.79 Å².